The summed E-state index contributed by atoms with van der Waals surface area (Å²) in [6, 6.07) is 13.7. The number of rotatable bonds is 12. The summed E-state index contributed by atoms with van der Waals surface area (Å²) < 4.78 is 5.16. The predicted molar refractivity (Wildman–Crippen MR) is 124 cm³/mol. The van der Waals surface area contributed by atoms with Crippen LogP contribution in [-0.4, -0.2) is 49.8 Å². The molecule has 2 aromatic carbocycles. The van der Waals surface area contributed by atoms with E-state index in [9.17, 15) is 19.2 Å². The van der Waals surface area contributed by atoms with Crippen LogP contribution in [0.25, 0.3) is 0 Å². The normalized spacial score (nSPS) is 14.4. The summed E-state index contributed by atoms with van der Waals surface area (Å²) in [6.07, 6.45) is 2.50. The minimum atomic E-state index is -1.12. The Morgan fingerprint density at radius 1 is 0.941 bits per heavy atom. The van der Waals surface area contributed by atoms with Crippen LogP contribution in [0.5, 0.6) is 5.75 Å². The molecule has 1 fully saturated rings. The predicted octanol–water partition coefficient (Wildman–Crippen LogP) is 1.57. The maximum Gasteiger partial charge on any atom is 0.313 e. The quantitative estimate of drug-likeness (QED) is 0.322. The standard InChI is InChI=1S/C25H29N3O6/c1-33-19-10-6-9-18(15-19)23(30)27-21(14-17-11-12-17)24(31)26-20(22(29)25(32)28-34-2)13-16-7-4-3-5-8-16/h3-10,15,17,20-21H,11-14H2,1-2H3,(H,26,31)(H,27,30)(H,28,32)/t20-,21?/m0/s1. The summed E-state index contributed by atoms with van der Waals surface area (Å²) >= 11 is 0. The molecule has 34 heavy (non-hydrogen) atoms. The van der Waals surface area contributed by atoms with Gasteiger partial charge in [-0.2, -0.15) is 0 Å². The summed E-state index contributed by atoms with van der Waals surface area (Å²) in [5, 5.41) is 5.45. The van der Waals surface area contributed by atoms with Gasteiger partial charge >= 0.3 is 5.91 Å². The number of carbonyl (C=O) groups excluding carboxylic acids is 4. The zero-order valence-corrected chi connectivity index (χ0v) is 19.2. The highest BCUT2D eigenvalue weighted by atomic mass is 16.6. The average molecular weight is 468 g/mol. The minimum Gasteiger partial charge on any atom is -0.497 e. The largest absolute Gasteiger partial charge is 0.497 e. The van der Waals surface area contributed by atoms with Crippen molar-refractivity contribution >= 4 is 23.5 Å². The van der Waals surface area contributed by atoms with Gasteiger partial charge < -0.3 is 15.4 Å². The number of methoxy groups -OCH3 is 1. The topological polar surface area (TPSA) is 123 Å². The molecule has 9 heteroatoms. The van der Waals surface area contributed by atoms with Crippen molar-refractivity contribution in [3.05, 3.63) is 65.7 Å². The summed E-state index contributed by atoms with van der Waals surface area (Å²) in [5.74, 6) is -1.92. The van der Waals surface area contributed by atoms with Crippen LogP contribution in [0.4, 0.5) is 0 Å². The van der Waals surface area contributed by atoms with Gasteiger partial charge in [-0.1, -0.05) is 49.2 Å². The Morgan fingerprint density at radius 3 is 2.32 bits per heavy atom. The molecule has 3 rings (SSSR count). The lowest BCUT2D eigenvalue weighted by molar-refractivity contribution is -0.146. The molecule has 0 heterocycles. The molecule has 2 aromatic rings. The van der Waals surface area contributed by atoms with E-state index in [1.165, 1.54) is 14.2 Å². The van der Waals surface area contributed by atoms with E-state index in [-0.39, 0.29) is 6.42 Å². The summed E-state index contributed by atoms with van der Waals surface area (Å²) in [5.41, 5.74) is 3.12. The number of Topliss-reactive ketones (excluding diaryl/α,β-unsaturated/α-hetero) is 1. The first kappa shape index (κ1) is 24.9. The highest BCUT2D eigenvalue weighted by Crippen LogP contribution is 2.33. The second-order valence-electron chi connectivity index (χ2n) is 8.19. The van der Waals surface area contributed by atoms with E-state index in [1.807, 2.05) is 11.5 Å². The Balaban J connectivity index is 1.76. The van der Waals surface area contributed by atoms with Gasteiger partial charge in [0.2, 0.25) is 11.7 Å². The lowest BCUT2D eigenvalue weighted by Crippen LogP contribution is -2.54. The van der Waals surface area contributed by atoms with Crippen molar-refractivity contribution in [2.75, 3.05) is 14.2 Å². The SMILES string of the molecule is CONC(=O)C(=O)[C@H](Cc1ccccc1)NC(=O)C(CC1CC1)NC(=O)c1cccc(OC)c1. The van der Waals surface area contributed by atoms with Crippen molar-refractivity contribution in [1.29, 1.82) is 0 Å². The van der Waals surface area contributed by atoms with E-state index < -0.39 is 35.6 Å². The number of nitrogens with one attached hydrogen (secondary N) is 3. The number of hydrogen-bond donors (Lipinski definition) is 3. The first-order valence-corrected chi connectivity index (χ1v) is 11.1. The second kappa shape index (κ2) is 11.9. The molecule has 0 saturated heterocycles. The zero-order valence-electron chi connectivity index (χ0n) is 19.2. The van der Waals surface area contributed by atoms with E-state index >= 15 is 0 Å². The van der Waals surface area contributed by atoms with Crippen LogP contribution >= 0.6 is 0 Å². The van der Waals surface area contributed by atoms with Gasteiger partial charge in [0.05, 0.1) is 14.2 Å². The van der Waals surface area contributed by atoms with Crippen molar-refractivity contribution in [2.45, 2.75) is 37.8 Å². The van der Waals surface area contributed by atoms with E-state index in [2.05, 4.69) is 15.5 Å². The summed E-state index contributed by atoms with van der Waals surface area (Å²) in [4.78, 5) is 55.5. The summed E-state index contributed by atoms with van der Waals surface area (Å²) in [7, 11) is 2.72. The van der Waals surface area contributed by atoms with Gasteiger partial charge in [-0.3, -0.25) is 24.0 Å². The van der Waals surface area contributed by atoms with Crippen molar-refractivity contribution in [3.63, 3.8) is 0 Å². The lowest BCUT2D eigenvalue weighted by Gasteiger charge is -2.23. The molecule has 0 bridgehead atoms. The number of carbonyl (C=O) groups is 4. The van der Waals surface area contributed by atoms with Gasteiger partial charge in [0.25, 0.3) is 5.91 Å². The zero-order chi connectivity index (χ0) is 24.5. The molecule has 3 N–H and O–H groups in total. The van der Waals surface area contributed by atoms with Gasteiger partial charge in [-0.15, -0.1) is 0 Å². The van der Waals surface area contributed by atoms with Crippen LogP contribution in [0.15, 0.2) is 54.6 Å². The molecule has 1 aliphatic rings. The Hall–Kier alpha value is -3.72. The van der Waals surface area contributed by atoms with Gasteiger partial charge in [0.15, 0.2) is 0 Å². The molecule has 0 spiro atoms. The summed E-state index contributed by atoms with van der Waals surface area (Å²) in [6.45, 7) is 0. The van der Waals surface area contributed by atoms with Gasteiger partial charge in [0.1, 0.15) is 17.8 Å². The first-order valence-electron chi connectivity index (χ1n) is 11.1. The van der Waals surface area contributed by atoms with Gasteiger partial charge in [-0.05, 0) is 36.1 Å². The van der Waals surface area contributed by atoms with E-state index in [0.717, 1.165) is 18.4 Å². The van der Waals surface area contributed by atoms with Gasteiger partial charge in [0, 0.05) is 12.0 Å². The lowest BCUT2D eigenvalue weighted by atomic mass is 10.0. The molecule has 3 amide bonds. The van der Waals surface area contributed by atoms with Crippen molar-refractivity contribution in [3.8, 4) is 5.75 Å². The van der Waals surface area contributed by atoms with E-state index in [0.29, 0.717) is 23.7 Å². The maximum absolute atomic E-state index is 13.2. The fourth-order valence-electron chi connectivity index (χ4n) is 3.56. The van der Waals surface area contributed by atoms with Crippen molar-refractivity contribution < 1.29 is 28.8 Å². The maximum atomic E-state index is 13.2. The van der Waals surface area contributed by atoms with Gasteiger partial charge in [-0.25, -0.2) is 5.48 Å². The molecule has 0 aromatic heterocycles. The van der Waals surface area contributed by atoms with Crippen LogP contribution in [-0.2, 0) is 25.6 Å². The molecule has 1 saturated carbocycles. The number of ketones is 1. The fraction of sp³-hybridized carbons (Fsp3) is 0.360. The number of hydroxylamine groups is 1. The number of benzene rings is 2. The van der Waals surface area contributed by atoms with Crippen molar-refractivity contribution in [1.82, 2.24) is 16.1 Å². The molecule has 0 aliphatic heterocycles. The number of amides is 3. The molecular weight excluding hydrogens is 438 g/mol. The molecule has 1 unspecified atom stereocenters. The average Bonchev–Trinajstić information content (AvgIpc) is 3.67. The highest BCUT2D eigenvalue weighted by molar-refractivity contribution is 6.38. The molecule has 180 valence electrons. The highest BCUT2D eigenvalue weighted by Gasteiger charge is 2.34. The third-order valence-corrected chi connectivity index (χ3v) is 5.55. The van der Waals surface area contributed by atoms with Crippen LogP contribution in [0.1, 0.15) is 35.2 Å². The molecule has 9 nitrogen and oxygen atoms in total. The Bertz CT molecular complexity index is 1020. The van der Waals surface area contributed by atoms with Crippen LogP contribution in [0.2, 0.25) is 0 Å². The monoisotopic (exact) mass is 467 g/mol. The molecular formula is C25H29N3O6. The Labute approximate surface area is 198 Å². The van der Waals surface area contributed by atoms with E-state index in [1.54, 1.807) is 48.5 Å². The van der Waals surface area contributed by atoms with Crippen LogP contribution < -0.4 is 20.9 Å². The van der Waals surface area contributed by atoms with Crippen LogP contribution in [0, 0.1) is 5.92 Å². The smallest absolute Gasteiger partial charge is 0.313 e. The van der Waals surface area contributed by atoms with Crippen molar-refractivity contribution in [2.24, 2.45) is 5.92 Å². The van der Waals surface area contributed by atoms with E-state index in [4.69, 9.17) is 4.74 Å². The molecule has 2 atom stereocenters. The third-order valence-electron chi connectivity index (χ3n) is 5.55. The Kier molecular flexibility index (Phi) is 8.75. The number of hydrogen-bond acceptors (Lipinski definition) is 6. The first-order chi connectivity index (χ1) is 16.4. The molecule has 0 radical (unpaired) electrons. The third kappa shape index (κ3) is 7.14. The minimum absolute atomic E-state index is 0.114. The second-order valence-corrected chi connectivity index (χ2v) is 8.19. The van der Waals surface area contributed by atoms with Crippen LogP contribution in [0.3, 0.4) is 0 Å². The molecule has 1 aliphatic carbocycles. The fourth-order valence-corrected chi connectivity index (χ4v) is 3.56. The number of ether oxygens (including phenoxy) is 1. The Morgan fingerprint density at radius 2 is 1.68 bits per heavy atom.